The molecule has 1 aromatic heterocycles. The van der Waals surface area contributed by atoms with Crippen LogP contribution in [0.5, 0.6) is 5.75 Å². The number of piperidine rings is 1. The highest BCUT2D eigenvalue weighted by Crippen LogP contribution is 2.32. The molecule has 0 radical (unpaired) electrons. The summed E-state index contributed by atoms with van der Waals surface area (Å²) in [5.41, 5.74) is 1.71. The summed E-state index contributed by atoms with van der Waals surface area (Å²) in [4.78, 5) is 34.4. The van der Waals surface area contributed by atoms with Crippen LogP contribution in [0.15, 0.2) is 54.7 Å². The van der Waals surface area contributed by atoms with Gasteiger partial charge in [-0.3, -0.25) is 9.59 Å². The molecule has 7 heteroatoms. The van der Waals surface area contributed by atoms with Gasteiger partial charge in [0.2, 0.25) is 5.91 Å². The van der Waals surface area contributed by atoms with E-state index in [4.69, 9.17) is 4.74 Å². The molecule has 1 unspecified atom stereocenters. The summed E-state index contributed by atoms with van der Waals surface area (Å²) in [7, 11) is 3.44. The minimum atomic E-state index is -0.0385. The van der Waals surface area contributed by atoms with Crippen molar-refractivity contribution in [3.8, 4) is 5.75 Å². The van der Waals surface area contributed by atoms with Crippen molar-refractivity contribution in [3.63, 3.8) is 0 Å². The molecule has 33 heavy (non-hydrogen) atoms. The van der Waals surface area contributed by atoms with Crippen LogP contribution in [0.25, 0.3) is 0 Å². The SMILES string of the molecule is CNc1cc(C(=O)N2CCC(C3CC=CCN(Cc4cccc(OC)c4)C3=O)CC2)ccn1. The quantitative estimate of drug-likeness (QED) is 0.684. The average Bonchev–Trinajstić information content (AvgIpc) is 3.05. The molecule has 2 aliphatic heterocycles. The third kappa shape index (κ3) is 5.35. The Labute approximate surface area is 195 Å². The van der Waals surface area contributed by atoms with Crippen LogP contribution in [0.4, 0.5) is 5.82 Å². The maximum atomic E-state index is 13.5. The fourth-order valence-corrected chi connectivity index (χ4v) is 4.79. The van der Waals surface area contributed by atoms with Crippen molar-refractivity contribution in [1.29, 1.82) is 0 Å². The number of hydrogen-bond donors (Lipinski definition) is 1. The number of hydrogen-bond acceptors (Lipinski definition) is 5. The molecule has 2 aromatic rings. The molecule has 1 atom stereocenters. The topological polar surface area (TPSA) is 74.8 Å². The van der Waals surface area contributed by atoms with E-state index in [1.165, 1.54) is 0 Å². The number of methoxy groups -OCH3 is 1. The Morgan fingerprint density at radius 3 is 2.76 bits per heavy atom. The van der Waals surface area contributed by atoms with Gasteiger partial charge in [-0.15, -0.1) is 0 Å². The summed E-state index contributed by atoms with van der Waals surface area (Å²) in [5, 5.41) is 2.98. The number of aromatic nitrogens is 1. The zero-order chi connectivity index (χ0) is 23.2. The lowest BCUT2D eigenvalue weighted by Crippen LogP contribution is -2.44. The Morgan fingerprint density at radius 2 is 2.00 bits per heavy atom. The molecule has 2 amide bonds. The monoisotopic (exact) mass is 448 g/mol. The van der Waals surface area contributed by atoms with Gasteiger partial charge in [0, 0.05) is 50.9 Å². The zero-order valence-corrected chi connectivity index (χ0v) is 19.4. The molecule has 0 spiro atoms. The highest BCUT2D eigenvalue weighted by atomic mass is 16.5. The summed E-state index contributed by atoms with van der Waals surface area (Å²) in [6.45, 7) is 2.54. The number of pyridine rings is 1. The van der Waals surface area contributed by atoms with E-state index in [0.29, 0.717) is 37.6 Å². The van der Waals surface area contributed by atoms with Gasteiger partial charge in [0.05, 0.1) is 7.11 Å². The molecule has 2 aliphatic rings. The van der Waals surface area contributed by atoms with Crippen LogP contribution < -0.4 is 10.1 Å². The van der Waals surface area contributed by atoms with Gasteiger partial charge >= 0.3 is 0 Å². The first-order valence-corrected chi connectivity index (χ1v) is 11.6. The first kappa shape index (κ1) is 22.8. The summed E-state index contributed by atoms with van der Waals surface area (Å²) in [6.07, 6.45) is 8.34. The van der Waals surface area contributed by atoms with Crippen LogP contribution in [0.1, 0.15) is 35.2 Å². The molecule has 1 N–H and O–H groups in total. The first-order valence-electron chi connectivity index (χ1n) is 11.6. The third-order valence-corrected chi connectivity index (χ3v) is 6.68. The molecule has 4 rings (SSSR count). The van der Waals surface area contributed by atoms with Crippen LogP contribution in [-0.2, 0) is 11.3 Å². The van der Waals surface area contributed by atoms with Crippen molar-refractivity contribution in [3.05, 3.63) is 65.9 Å². The summed E-state index contributed by atoms with van der Waals surface area (Å²) in [6, 6.07) is 11.4. The van der Waals surface area contributed by atoms with E-state index >= 15 is 0 Å². The minimum absolute atomic E-state index is 0.0269. The van der Waals surface area contributed by atoms with Gasteiger partial charge in [-0.2, -0.15) is 0 Å². The van der Waals surface area contributed by atoms with Crippen LogP contribution in [0.2, 0.25) is 0 Å². The zero-order valence-electron chi connectivity index (χ0n) is 19.4. The van der Waals surface area contributed by atoms with Gasteiger partial charge in [0.15, 0.2) is 0 Å². The van der Waals surface area contributed by atoms with E-state index in [1.54, 1.807) is 32.5 Å². The van der Waals surface area contributed by atoms with E-state index in [-0.39, 0.29) is 23.7 Å². The van der Waals surface area contributed by atoms with Crippen LogP contribution >= 0.6 is 0 Å². The summed E-state index contributed by atoms with van der Waals surface area (Å²) >= 11 is 0. The lowest BCUT2D eigenvalue weighted by Gasteiger charge is -2.36. The van der Waals surface area contributed by atoms with Gasteiger partial charge in [-0.25, -0.2) is 4.98 Å². The molecule has 174 valence electrons. The smallest absolute Gasteiger partial charge is 0.254 e. The van der Waals surface area contributed by atoms with E-state index in [2.05, 4.69) is 22.5 Å². The van der Waals surface area contributed by atoms with Crippen molar-refractivity contribution in [2.75, 3.05) is 39.1 Å². The average molecular weight is 449 g/mol. The molecular weight excluding hydrogens is 416 g/mol. The van der Waals surface area contributed by atoms with Gasteiger partial charge in [0.25, 0.3) is 5.91 Å². The van der Waals surface area contributed by atoms with E-state index in [1.807, 2.05) is 34.1 Å². The van der Waals surface area contributed by atoms with Crippen molar-refractivity contribution in [1.82, 2.24) is 14.8 Å². The first-order chi connectivity index (χ1) is 16.1. The highest BCUT2D eigenvalue weighted by Gasteiger charge is 2.35. The second kappa shape index (κ2) is 10.5. The number of nitrogens with one attached hydrogen (secondary N) is 1. The number of likely N-dealkylation sites (tertiary alicyclic amines) is 1. The van der Waals surface area contributed by atoms with E-state index in [9.17, 15) is 9.59 Å². The van der Waals surface area contributed by atoms with Crippen LogP contribution in [0.3, 0.4) is 0 Å². The maximum Gasteiger partial charge on any atom is 0.254 e. The second-order valence-electron chi connectivity index (χ2n) is 8.69. The lowest BCUT2D eigenvalue weighted by molar-refractivity contribution is -0.137. The van der Waals surface area contributed by atoms with Crippen molar-refractivity contribution < 1.29 is 14.3 Å². The third-order valence-electron chi connectivity index (χ3n) is 6.68. The Balaban J connectivity index is 1.39. The van der Waals surface area contributed by atoms with Crippen LogP contribution in [-0.4, -0.2) is 60.4 Å². The predicted molar refractivity (Wildman–Crippen MR) is 128 cm³/mol. The van der Waals surface area contributed by atoms with Crippen molar-refractivity contribution in [2.45, 2.75) is 25.8 Å². The van der Waals surface area contributed by atoms with Gasteiger partial charge in [-0.05, 0) is 55.0 Å². The summed E-state index contributed by atoms with van der Waals surface area (Å²) < 4.78 is 5.33. The van der Waals surface area contributed by atoms with Gasteiger partial charge in [-0.1, -0.05) is 24.3 Å². The fraction of sp³-hybridized carbons (Fsp3) is 0.423. The Hall–Kier alpha value is -3.35. The van der Waals surface area contributed by atoms with Crippen LogP contribution in [0, 0.1) is 11.8 Å². The molecule has 0 bridgehead atoms. The van der Waals surface area contributed by atoms with E-state index in [0.717, 1.165) is 30.6 Å². The minimum Gasteiger partial charge on any atom is -0.497 e. The molecular formula is C26H32N4O3. The molecule has 1 aromatic carbocycles. The molecule has 1 fully saturated rings. The number of amides is 2. The number of benzene rings is 1. The number of allylic oxidation sites excluding steroid dienone is 1. The lowest BCUT2D eigenvalue weighted by atomic mass is 9.81. The number of carbonyl (C=O) groups excluding carboxylic acids is 2. The molecule has 1 saturated heterocycles. The maximum absolute atomic E-state index is 13.5. The van der Waals surface area contributed by atoms with E-state index < -0.39 is 0 Å². The standard InChI is InChI=1S/C26H32N4O3/c1-27-24-17-21(9-12-28-24)25(31)29-14-10-20(11-15-29)23-8-3-4-13-30(26(23)32)18-19-6-5-7-22(16-19)33-2/h3-7,9,12,16-17,20,23H,8,10-11,13-15,18H2,1-2H3,(H,27,28). The Bertz CT molecular complexity index is 1010. The second-order valence-corrected chi connectivity index (χ2v) is 8.69. The summed E-state index contributed by atoms with van der Waals surface area (Å²) in [5.74, 6) is 1.96. The predicted octanol–water partition coefficient (Wildman–Crippen LogP) is 3.59. The highest BCUT2D eigenvalue weighted by molar-refractivity contribution is 5.94. The molecule has 7 nitrogen and oxygen atoms in total. The molecule has 3 heterocycles. The van der Waals surface area contributed by atoms with Crippen molar-refractivity contribution in [2.24, 2.45) is 11.8 Å². The van der Waals surface area contributed by atoms with Crippen molar-refractivity contribution >= 4 is 17.6 Å². The number of anilines is 1. The van der Waals surface area contributed by atoms with Gasteiger partial charge < -0.3 is 19.9 Å². The molecule has 0 aliphatic carbocycles. The number of rotatable bonds is 6. The number of ether oxygens (including phenoxy) is 1. The Morgan fingerprint density at radius 1 is 1.18 bits per heavy atom. The van der Waals surface area contributed by atoms with Gasteiger partial charge in [0.1, 0.15) is 11.6 Å². The normalized spacial score (nSPS) is 19.3. The Kier molecular flexibility index (Phi) is 7.27. The number of carbonyl (C=O) groups is 2. The largest absolute Gasteiger partial charge is 0.497 e. The molecule has 0 saturated carbocycles. The fourth-order valence-electron chi connectivity index (χ4n) is 4.79. The number of nitrogens with zero attached hydrogens (tertiary/aromatic N) is 3.